The number of halogens is 4. The molecule has 0 saturated carbocycles. The lowest BCUT2D eigenvalue weighted by Crippen LogP contribution is -2.38. The quantitative estimate of drug-likeness (QED) is 0.279. The molecule has 1 fully saturated rings. The van der Waals surface area contributed by atoms with Gasteiger partial charge in [-0.3, -0.25) is 4.99 Å². The molecule has 0 aliphatic carbocycles. The first-order valence-electron chi connectivity index (χ1n) is 10.0. The summed E-state index contributed by atoms with van der Waals surface area (Å²) in [4.78, 5) is 4.45. The average molecular weight is 565 g/mol. The highest BCUT2D eigenvalue weighted by atomic mass is 127. The van der Waals surface area contributed by atoms with Crippen LogP contribution in [0.1, 0.15) is 25.3 Å². The van der Waals surface area contributed by atoms with Crippen LogP contribution in [0.25, 0.3) is 0 Å². The first-order chi connectivity index (χ1) is 14.8. The van der Waals surface area contributed by atoms with Gasteiger partial charge in [0.05, 0.1) is 18.8 Å². The van der Waals surface area contributed by atoms with Gasteiger partial charge in [-0.15, -0.1) is 37.1 Å². The van der Waals surface area contributed by atoms with Gasteiger partial charge in [-0.1, -0.05) is 24.3 Å². The van der Waals surface area contributed by atoms with E-state index >= 15 is 0 Å². The van der Waals surface area contributed by atoms with E-state index in [4.69, 9.17) is 15.2 Å². The third kappa shape index (κ3) is 7.16. The zero-order valence-corrected chi connectivity index (χ0v) is 20.0. The number of guanidine groups is 1. The van der Waals surface area contributed by atoms with Crippen molar-refractivity contribution in [3.05, 3.63) is 54.1 Å². The lowest BCUT2D eigenvalue weighted by atomic mass is 9.74. The molecule has 0 atom stereocenters. The number of rotatable bonds is 7. The molecule has 0 bridgehead atoms. The number of benzene rings is 2. The number of ether oxygens (including phenoxy) is 3. The fraction of sp³-hybridized carbons (Fsp3) is 0.409. The molecule has 3 N–H and O–H groups in total. The summed E-state index contributed by atoms with van der Waals surface area (Å²) >= 11 is 0. The Morgan fingerprint density at radius 2 is 1.78 bits per heavy atom. The van der Waals surface area contributed by atoms with E-state index in [0.29, 0.717) is 26.4 Å². The Balaban J connectivity index is 0.00000363. The molecule has 6 nitrogen and oxygen atoms in total. The van der Waals surface area contributed by atoms with Crippen molar-refractivity contribution in [1.82, 2.24) is 0 Å². The van der Waals surface area contributed by atoms with E-state index in [-0.39, 0.29) is 46.8 Å². The van der Waals surface area contributed by atoms with Crippen molar-refractivity contribution in [2.45, 2.75) is 31.5 Å². The Kier molecular flexibility index (Phi) is 9.44. The molecule has 32 heavy (non-hydrogen) atoms. The van der Waals surface area contributed by atoms with Crippen LogP contribution in [0, 0.1) is 0 Å². The molecular formula is C22H27F3IN3O3. The number of anilines is 1. The van der Waals surface area contributed by atoms with E-state index in [2.05, 4.69) is 15.0 Å². The van der Waals surface area contributed by atoms with Crippen molar-refractivity contribution in [2.24, 2.45) is 10.7 Å². The molecular weight excluding hydrogens is 538 g/mol. The van der Waals surface area contributed by atoms with Crippen molar-refractivity contribution in [3.8, 4) is 11.5 Å². The first-order valence-corrected chi connectivity index (χ1v) is 10.0. The number of alkyl halides is 3. The van der Waals surface area contributed by atoms with Crippen LogP contribution in [0.3, 0.4) is 0 Å². The van der Waals surface area contributed by atoms with Gasteiger partial charge >= 0.3 is 6.36 Å². The van der Waals surface area contributed by atoms with Gasteiger partial charge in [-0.2, -0.15) is 0 Å². The molecule has 2 aromatic rings. The Labute approximate surface area is 202 Å². The number of hydrogen-bond acceptors (Lipinski definition) is 4. The number of nitrogens with one attached hydrogen (secondary N) is 1. The molecule has 0 amide bonds. The highest BCUT2D eigenvalue weighted by Gasteiger charge is 2.35. The summed E-state index contributed by atoms with van der Waals surface area (Å²) in [6.07, 6.45) is -3.29. The van der Waals surface area contributed by atoms with Gasteiger partial charge in [0.25, 0.3) is 0 Å². The van der Waals surface area contributed by atoms with Crippen molar-refractivity contribution < 1.29 is 27.4 Å². The zero-order chi connectivity index (χ0) is 22.3. The van der Waals surface area contributed by atoms with Gasteiger partial charge in [0.2, 0.25) is 0 Å². The van der Waals surface area contributed by atoms with Crippen LogP contribution in [-0.4, -0.2) is 38.7 Å². The van der Waals surface area contributed by atoms with E-state index in [1.807, 2.05) is 31.2 Å². The van der Waals surface area contributed by atoms with Crippen LogP contribution < -0.4 is 20.5 Å². The van der Waals surface area contributed by atoms with Crippen LogP contribution in [0.2, 0.25) is 0 Å². The molecule has 0 radical (unpaired) electrons. The van der Waals surface area contributed by atoms with Gasteiger partial charge in [0, 0.05) is 18.6 Å². The van der Waals surface area contributed by atoms with Gasteiger partial charge in [-0.25, -0.2) is 0 Å². The summed E-state index contributed by atoms with van der Waals surface area (Å²) in [6.45, 7) is 4.07. The Morgan fingerprint density at radius 1 is 1.12 bits per heavy atom. The third-order valence-corrected chi connectivity index (χ3v) is 5.16. The zero-order valence-electron chi connectivity index (χ0n) is 17.7. The normalized spacial score (nSPS) is 16.1. The van der Waals surface area contributed by atoms with Crippen LogP contribution in [0.5, 0.6) is 11.5 Å². The number of hydrogen-bond donors (Lipinski definition) is 2. The third-order valence-electron chi connectivity index (χ3n) is 5.16. The second-order valence-electron chi connectivity index (χ2n) is 7.22. The Hall–Kier alpha value is -2.21. The maximum Gasteiger partial charge on any atom is 0.573 e. The minimum Gasteiger partial charge on any atom is -0.494 e. The first kappa shape index (κ1) is 26.0. The van der Waals surface area contributed by atoms with Crippen molar-refractivity contribution in [2.75, 3.05) is 31.7 Å². The molecule has 0 aromatic heterocycles. The standard InChI is InChI=1S/C22H26F3N3O3.HI/c1-2-30-17-9-7-16(8-10-17)21(11-13-29-14-12-21)15-27-20(26)28-18-5-3-4-6-19(18)31-22(23,24)25;/h3-10H,2,11-15H2,1H3,(H3,26,27,28);1H. The molecule has 3 rings (SSSR count). The van der Waals surface area contributed by atoms with Crippen LogP contribution in [0.4, 0.5) is 18.9 Å². The minimum absolute atomic E-state index is 0. The average Bonchev–Trinajstić information content (AvgIpc) is 2.74. The summed E-state index contributed by atoms with van der Waals surface area (Å²) in [5.74, 6) is 0.426. The smallest absolute Gasteiger partial charge is 0.494 e. The lowest BCUT2D eigenvalue weighted by Gasteiger charge is -2.36. The minimum atomic E-state index is -4.80. The Morgan fingerprint density at radius 3 is 2.41 bits per heavy atom. The fourth-order valence-electron chi connectivity index (χ4n) is 3.57. The maximum absolute atomic E-state index is 12.6. The molecule has 1 saturated heterocycles. The van der Waals surface area contributed by atoms with Gasteiger partial charge in [-0.05, 0) is 49.6 Å². The molecule has 176 valence electrons. The summed E-state index contributed by atoms with van der Waals surface area (Å²) in [6, 6.07) is 13.6. The fourth-order valence-corrected chi connectivity index (χ4v) is 3.57. The number of para-hydroxylation sites is 2. The second kappa shape index (κ2) is 11.6. The van der Waals surface area contributed by atoms with E-state index < -0.39 is 6.36 Å². The SMILES string of the molecule is CCOc1ccc(C2(CN=C(N)Nc3ccccc3OC(F)(F)F)CCOCC2)cc1.I. The van der Waals surface area contributed by atoms with Gasteiger partial charge in [0.1, 0.15) is 5.75 Å². The molecule has 1 heterocycles. The molecule has 0 unspecified atom stereocenters. The highest BCUT2D eigenvalue weighted by Crippen LogP contribution is 2.36. The van der Waals surface area contributed by atoms with Crippen LogP contribution in [0.15, 0.2) is 53.5 Å². The summed E-state index contributed by atoms with van der Waals surface area (Å²) in [5, 5.41) is 2.72. The molecule has 1 aliphatic heterocycles. The predicted molar refractivity (Wildman–Crippen MR) is 128 cm³/mol. The van der Waals surface area contributed by atoms with E-state index in [1.54, 1.807) is 6.07 Å². The predicted octanol–water partition coefficient (Wildman–Crippen LogP) is 5.08. The lowest BCUT2D eigenvalue weighted by molar-refractivity contribution is -0.274. The molecule has 10 heteroatoms. The van der Waals surface area contributed by atoms with Crippen molar-refractivity contribution >= 4 is 35.6 Å². The molecule has 0 spiro atoms. The molecule has 2 aromatic carbocycles. The van der Waals surface area contributed by atoms with Crippen LogP contribution in [-0.2, 0) is 10.2 Å². The van der Waals surface area contributed by atoms with E-state index in [0.717, 1.165) is 24.2 Å². The number of nitrogens with two attached hydrogens (primary N) is 1. The summed E-state index contributed by atoms with van der Waals surface area (Å²) < 4.78 is 53.0. The monoisotopic (exact) mass is 565 g/mol. The van der Waals surface area contributed by atoms with Gasteiger partial charge in [0.15, 0.2) is 11.7 Å². The number of nitrogens with zero attached hydrogens (tertiary/aromatic N) is 1. The number of aliphatic imine (C=N–C) groups is 1. The van der Waals surface area contributed by atoms with Gasteiger partial charge < -0.3 is 25.3 Å². The Bertz CT molecular complexity index is 886. The maximum atomic E-state index is 12.6. The van der Waals surface area contributed by atoms with Crippen LogP contribution >= 0.6 is 24.0 Å². The van der Waals surface area contributed by atoms with E-state index in [1.165, 1.54) is 18.2 Å². The summed E-state index contributed by atoms with van der Waals surface area (Å²) in [5.41, 5.74) is 6.91. The van der Waals surface area contributed by atoms with Crippen molar-refractivity contribution in [3.63, 3.8) is 0 Å². The second-order valence-corrected chi connectivity index (χ2v) is 7.22. The van der Waals surface area contributed by atoms with Crippen molar-refractivity contribution in [1.29, 1.82) is 0 Å². The van der Waals surface area contributed by atoms with E-state index in [9.17, 15) is 13.2 Å². The molecule has 1 aliphatic rings. The topological polar surface area (TPSA) is 78.1 Å². The summed E-state index contributed by atoms with van der Waals surface area (Å²) in [7, 11) is 0. The highest BCUT2D eigenvalue weighted by molar-refractivity contribution is 14.0. The largest absolute Gasteiger partial charge is 0.573 e.